The first-order valence-electron chi connectivity index (χ1n) is 6.91. The molecule has 3 heterocycles. The van der Waals surface area contributed by atoms with Crippen LogP contribution >= 0.6 is 0 Å². The lowest BCUT2D eigenvalue weighted by molar-refractivity contribution is 0.583. The van der Waals surface area contributed by atoms with Gasteiger partial charge in [-0.25, -0.2) is 0 Å². The highest BCUT2D eigenvalue weighted by Crippen LogP contribution is 2.30. The molecule has 100 valence electrons. The van der Waals surface area contributed by atoms with E-state index in [0.717, 1.165) is 42.3 Å². The number of hydrogen-bond acceptors (Lipinski definition) is 4. The molecule has 20 heavy (non-hydrogen) atoms. The van der Waals surface area contributed by atoms with Crippen molar-refractivity contribution in [2.75, 3.05) is 18.0 Å². The molecule has 0 saturated carbocycles. The molecule has 1 aliphatic heterocycles. The number of aromatic nitrogens is 2. The molecule has 4 heteroatoms. The van der Waals surface area contributed by atoms with Gasteiger partial charge in [-0.2, -0.15) is 4.98 Å². The van der Waals surface area contributed by atoms with Gasteiger partial charge in [0.15, 0.2) is 5.58 Å². The van der Waals surface area contributed by atoms with Gasteiger partial charge < -0.3 is 9.32 Å². The number of para-hydroxylation sites is 2. The first-order chi connectivity index (χ1) is 9.90. The fourth-order valence-corrected chi connectivity index (χ4v) is 2.79. The molecule has 4 nitrogen and oxygen atoms in total. The van der Waals surface area contributed by atoms with Crippen molar-refractivity contribution in [3.05, 3.63) is 54.4 Å². The molecule has 4 rings (SSSR count). The van der Waals surface area contributed by atoms with E-state index in [9.17, 15) is 0 Å². The van der Waals surface area contributed by atoms with Crippen molar-refractivity contribution in [1.29, 1.82) is 0 Å². The Balaban J connectivity index is 1.59. The molecule has 1 saturated heterocycles. The van der Waals surface area contributed by atoms with Crippen LogP contribution in [0.15, 0.2) is 53.1 Å². The van der Waals surface area contributed by atoms with Crippen LogP contribution in [0.4, 0.5) is 6.01 Å². The number of oxazole rings is 1. The SMILES string of the molecule is c1ccc(C2CCN(c3nc4ccccc4o3)C2)nc1. The molecular formula is C16H15N3O. The van der Waals surface area contributed by atoms with E-state index in [2.05, 4.69) is 20.9 Å². The third kappa shape index (κ3) is 1.93. The van der Waals surface area contributed by atoms with Crippen LogP contribution in [0.5, 0.6) is 0 Å². The van der Waals surface area contributed by atoms with Gasteiger partial charge in [0, 0.05) is 30.9 Å². The summed E-state index contributed by atoms with van der Waals surface area (Å²) in [6.45, 7) is 1.89. The van der Waals surface area contributed by atoms with Crippen LogP contribution in [0, 0.1) is 0 Å². The van der Waals surface area contributed by atoms with Crippen molar-refractivity contribution < 1.29 is 4.42 Å². The lowest BCUT2D eigenvalue weighted by atomic mass is 10.0. The summed E-state index contributed by atoms with van der Waals surface area (Å²) in [5.41, 5.74) is 2.93. The average molecular weight is 265 g/mol. The molecule has 0 aliphatic carbocycles. The lowest BCUT2D eigenvalue weighted by Crippen LogP contribution is -2.19. The Morgan fingerprint density at radius 1 is 1.10 bits per heavy atom. The van der Waals surface area contributed by atoms with Crippen LogP contribution in [-0.2, 0) is 0 Å². The summed E-state index contributed by atoms with van der Waals surface area (Å²) in [6, 6.07) is 14.7. The van der Waals surface area contributed by atoms with Crippen LogP contribution in [-0.4, -0.2) is 23.1 Å². The Morgan fingerprint density at radius 3 is 2.85 bits per heavy atom. The molecule has 0 bridgehead atoms. The summed E-state index contributed by atoms with van der Waals surface area (Å²) in [5, 5.41) is 0. The Bertz CT molecular complexity index is 690. The molecule has 0 amide bonds. The van der Waals surface area contributed by atoms with Crippen LogP contribution in [0.2, 0.25) is 0 Å². The number of pyridine rings is 1. The smallest absolute Gasteiger partial charge is 0.298 e. The van der Waals surface area contributed by atoms with Gasteiger partial charge in [0.25, 0.3) is 6.01 Å². The second-order valence-electron chi connectivity index (χ2n) is 5.15. The van der Waals surface area contributed by atoms with Crippen LogP contribution in [0.3, 0.4) is 0 Å². The third-order valence-electron chi connectivity index (χ3n) is 3.85. The van der Waals surface area contributed by atoms with E-state index in [0.29, 0.717) is 5.92 Å². The Kier molecular flexibility index (Phi) is 2.66. The van der Waals surface area contributed by atoms with E-state index in [4.69, 9.17) is 4.42 Å². The van der Waals surface area contributed by atoms with Gasteiger partial charge in [0.05, 0.1) is 0 Å². The number of nitrogens with zero attached hydrogens (tertiary/aromatic N) is 3. The summed E-state index contributed by atoms with van der Waals surface area (Å²) >= 11 is 0. The Hall–Kier alpha value is -2.36. The number of fused-ring (bicyclic) bond motifs is 1. The Morgan fingerprint density at radius 2 is 2.00 bits per heavy atom. The largest absolute Gasteiger partial charge is 0.423 e. The van der Waals surface area contributed by atoms with Gasteiger partial charge in [0.1, 0.15) is 5.52 Å². The highest BCUT2D eigenvalue weighted by Gasteiger charge is 2.27. The van der Waals surface area contributed by atoms with Gasteiger partial charge in [0.2, 0.25) is 0 Å². The standard InChI is InChI=1S/C16H15N3O/c1-2-7-15-14(6-1)18-16(20-15)19-10-8-12(11-19)13-5-3-4-9-17-13/h1-7,9,12H,8,10-11H2. The summed E-state index contributed by atoms with van der Waals surface area (Å²) in [4.78, 5) is 11.2. The maximum atomic E-state index is 5.83. The van der Waals surface area contributed by atoms with E-state index in [1.807, 2.05) is 42.6 Å². The molecule has 0 N–H and O–H groups in total. The summed E-state index contributed by atoms with van der Waals surface area (Å²) < 4.78 is 5.83. The summed E-state index contributed by atoms with van der Waals surface area (Å²) in [5.74, 6) is 0.464. The molecule has 0 radical (unpaired) electrons. The van der Waals surface area contributed by atoms with E-state index >= 15 is 0 Å². The molecule has 0 spiro atoms. The van der Waals surface area contributed by atoms with Gasteiger partial charge in [-0.05, 0) is 30.7 Å². The van der Waals surface area contributed by atoms with Gasteiger partial charge in [-0.3, -0.25) is 4.98 Å². The zero-order valence-electron chi connectivity index (χ0n) is 11.1. The van der Waals surface area contributed by atoms with Crippen molar-refractivity contribution in [3.8, 4) is 0 Å². The normalized spacial score (nSPS) is 18.8. The maximum Gasteiger partial charge on any atom is 0.298 e. The van der Waals surface area contributed by atoms with Gasteiger partial charge in [-0.1, -0.05) is 18.2 Å². The molecule has 2 aromatic heterocycles. The highest BCUT2D eigenvalue weighted by atomic mass is 16.4. The first-order valence-corrected chi connectivity index (χ1v) is 6.91. The summed E-state index contributed by atoms with van der Waals surface area (Å²) in [7, 11) is 0. The molecule has 1 fully saturated rings. The minimum absolute atomic E-state index is 0.464. The molecule has 1 unspecified atom stereocenters. The van der Waals surface area contributed by atoms with Crippen LogP contribution in [0.25, 0.3) is 11.1 Å². The number of benzene rings is 1. The summed E-state index contributed by atoms with van der Waals surface area (Å²) in [6.07, 6.45) is 2.95. The topological polar surface area (TPSA) is 42.2 Å². The van der Waals surface area contributed by atoms with Crippen molar-refractivity contribution in [2.24, 2.45) is 0 Å². The lowest BCUT2D eigenvalue weighted by Gasteiger charge is -2.13. The molecule has 1 aliphatic rings. The van der Waals surface area contributed by atoms with Crippen molar-refractivity contribution >= 4 is 17.1 Å². The molecule has 1 atom stereocenters. The second-order valence-corrected chi connectivity index (χ2v) is 5.15. The zero-order valence-corrected chi connectivity index (χ0v) is 11.1. The second kappa shape index (κ2) is 4.63. The monoisotopic (exact) mass is 265 g/mol. The predicted octanol–water partition coefficient (Wildman–Crippen LogP) is 3.22. The van der Waals surface area contributed by atoms with E-state index in [1.165, 1.54) is 0 Å². The quantitative estimate of drug-likeness (QED) is 0.713. The number of anilines is 1. The molecule has 3 aromatic rings. The predicted molar refractivity (Wildman–Crippen MR) is 77.8 cm³/mol. The van der Waals surface area contributed by atoms with Gasteiger partial charge in [-0.15, -0.1) is 0 Å². The van der Waals surface area contributed by atoms with Gasteiger partial charge >= 0.3 is 0 Å². The number of rotatable bonds is 2. The fraction of sp³-hybridized carbons (Fsp3) is 0.250. The van der Waals surface area contributed by atoms with Crippen LogP contribution < -0.4 is 4.90 Å². The minimum atomic E-state index is 0.464. The van der Waals surface area contributed by atoms with Crippen molar-refractivity contribution in [2.45, 2.75) is 12.3 Å². The Labute approximate surface area is 117 Å². The average Bonchev–Trinajstić information content (AvgIpc) is 3.14. The fourth-order valence-electron chi connectivity index (χ4n) is 2.79. The maximum absolute atomic E-state index is 5.83. The van der Waals surface area contributed by atoms with E-state index in [-0.39, 0.29) is 0 Å². The van der Waals surface area contributed by atoms with Crippen LogP contribution in [0.1, 0.15) is 18.0 Å². The number of hydrogen-bond donors (Lipinski definition) is 0. The minimum Gasteiger partial charge on any atom is -0.423 e. The molecular weight excluding hydrogens is 250 g/mol. The first kappa shape index (κ1) is 11.5. The highest BCUT2D eigenvalue weighted by molar-refractivity contribution is 5.74. The van der Waals surface area contributed by atoms with Crippen molar-refractivity contribution in [3.63, 3.8) is 0 Å². The molecule has 1 aromatic carbocycles. The third-order valence-corrected chi connectivity index (χ3v) is 3.85. The van der Waals surface area contributed by atoms with E-state index in [1.54, 1.807) is 0 Å². The van der Waals surface area contributed by atoms with E-state index < -0.39 is 0 Å². The van der Waals surface area contributed by atoms with Crippen molar-refractivity contribution in [1.82, 2.24) is 9.97 Å². The zero-order chi connectivity index (χ0) is 13.4.